The van der Waals surface area contributed by atoms with Gasteiger partial charge in [-0.25, -0.2) is 4.98 Å². The molecule has 0 N–H and O–H groups in total. The van der Waals surface area contributed by atoms with Crippen molar-refractivity contribution >= 4 is 11.3 Å². The Balaban J connectivity index is 1.65. The highest BCUT2D eigenvalue weighted by molar-refractivity contribution is 7.07. The van der Waals surface area contributed by atoms with E-state index in [-0.39, 0.29) is 6.10 Å². The van der Waals surface area contributed by atoms with Gasteiger partial charge in [0.2, 0.25) is 5.89 Å². The van der Waals surface area contributed by atoms with Gasteiger partial charge in [0.15, 0.2) is 0 Å². The third kappa shape index (κ3) is 2.88. The highest BCUT2D eigenvalue weighted by Gasteiger charge is 2.23. The summed E-state index contributed by atoms with van der Waals surface area (Å²) >= 11 is 1.71. The van der Waals surface area contributed by atoms with Crippen LogP contribution in [0.5, 0.6) is 0 Å². The van der Waals surface area contributed by atoms with Crippen LogP contribution in [0.15, 0.2) is 21.2 Å². The zero-order valence-electron chi connectivity index (χ0n) is 11.3. The highest BCUT2D eigenvalue weighted by Crippen LogP contribution is 2.25. The Bertz CT molecular complexity index is 516. The fourth-order valence-corrected chi connectivity index (χ4v) is 3.01. The standard InChI is InChI=1S/C14H18N2O2S/c1-10-11(2)18-14(15-10)8-16-4-5-17-13(7-16)12-3-6-19-9-12/h3,6,9,13H,4-5,7-8H2,1-2H3. The highest BCUT2D eigenvalue weighted by atomic mass is 32.1. The Morgan fingerprint density at radius 3 is 3.05 bits per heavy atom. The second-order valence-corrected chi connectivity index (χ2v) is 5.68. The number of rotatable bonds is 3. The summed E-state index contributed by atoms with van der Waals surface area (Å²) < 4.78 is 11.5. The maximum absolute atomic E-state index is 5.83. The van der Waals surface area contributed by atoms with Gasteiger partial charge >= 0.3 is 0 Å². The number of nitrogens with zero attached hydrogens (tertiary/aromatic N) is 2. The summed E-state index contributed by atoms with van der Waals surface area (Å²) in [5, 5.41) is 4.26. The Morgan fingerprint density at radius 2 is 2.37 bits per heavy atom. The molecule has 0 spiro atoms. The zero-order chi connectivity index (χ0) is 13.2. The van der Waals surface area contributed by atoms with Gasteiger partial charge in [0, 0.05) is 13.1 Å². The van der Waals surface area contributed by atoms with E-state index in [1.807, 2.05) is 13.8 Å². The zero-order valence-corrected chi connectivity index (χ0v) is 12.1. The maximum Gasteiger partial charge on any atom is 0.208 e. The van der Waals surface area contributed by atoms with Gasteiger partial charge in [-0.3, -0.25) is 4.90 Å². The number of hydrogen-bond acceptors (Lipinski definition) is 5. The quantitative estimate of drug-likeness (QED) is 0.865. The Labute approximate surface area is 117 Å². The van der Waals surface area contributed by atoms with Gasteiger partial charge in [0.05, 0.1) is 24.9 Å². The van der Waals surface area contributed by atoms with Crippen molar-refractivity contribution < 1.29 is 9.15 Å². The van der Waals surface area contributed by atoms with Crippen molar-refractivity contribution in [1.82, 2.24) is 9.88 Å². The molecule has 2 aromatic rings. The summed E-state index contributed by atoms with van der Waals surface area (Å²) in [5.74, 6) is 1.72. The molecule has 3 rings (SSSR count). The fraction of sp³-hybridized carbons (Fsp3) is 0.500. The molecule has 102 valence electrons. The third-order valence-corrected chi connectivity index (χ3v) is 4.20. The van der Waals surface area contributed by atoms with Crippen LogP contribution in [-0.2, 0) is 11.3 Å². The van der Waals surface area contributed by atoms with Crippen LogP contribution in [0.25, 0.3) is 0 Å². The molecule has 0 radical (unpaired) electrons. The lowest BCUT2D eigenvalue weighted by Gasteiger charge is -2.31. The Kier molecular flexibility index (Phi) is 3.68. The van der Waals surface area contributed by atoms with Gasteiger partial charge in [-0.2, -0.15) is 11.3 Å². The van der Waals surface area contributed by atoms with E-state index in [1.165, 1.54) is 5.56 Å². The normalized spacial score (nSPS) is 20.8. The number of aryl methyl sites for hydroxylation is 2. The Hall–Kier alpha value is -1.17. The van der Waals surface area contributed by atoms with E-state index >= 15 is 0 Å². The van der Waals surface area contributed by atoms with Crippen LogP contribution in [0.1, 0.15) is 29.0 Å². The molecule has 19 heavy (non-hydrogen) atoms. The minimum Gasteiger partial charge on any atom is -0.444 e. The van der Waals surface area contributed by atoms with Gasteiger partial charge in [0.25, 0.3) is 0 Å². The van der Waals surface area contributed by atoms with Crippen LogP contribution in [-0.4, -0.2) is 29.6 Å². The van der Waals surface area contributed by atoms with E-state index in [4.69, 9.17) is 9.15 Å². The van der Waals surface area contributed by atoms with Crippen molar-refractivity contribution in [3.05, 3.63) is 39.7 Å². The van der Waals surface area contributed by atoms with Crippen LogP contribution < -0.4 is 0 Å². The van der Waals surface area contributed by atoms with Crippen molar-refractivity contribution in [2.45, 2.75) is 26.5 Å². The lowest BCUT2D eigenvalue weighted by molar-refractivity contribution is -0.0350. The van der Waals surface area contributed by atoms with E-state index in [0.29, 0.717) is 0 Å². The predicted octanol–water partition coefficient (Wildman–Crippen LogP) is 2.93. The maximum atomic E-state index is 5.83. The summed E-state index contributed by atoms with van der Waals surface area (Å²) in [5.41, 5.74) is 2.26. The van der Waals surface area contributed by atoms with Crippen LogP contribution >= 0.6 is 11.3 Å². The van der Waals surface area contributed by atoms with E-state index in [9.17, 15) is 0 Å². The average Bonchev–Trinajstić information content (AvgIpc) is 3.01. The largest absolute Gasteiger partial charge is 0.444 e. The summed E-state index contributed by atoms with van der Waals surface area (Å²) in [6, 6.07) is 2.14. The molecule has 1 atom stereocenters. The van der Waals surface area contributed by atoms with Crippen LogP contribution in [0, 0.1) is 13.8 Å². The smallest absolute Gasteiger partial charge is 0.208 e. The van der Waals surface area contributed by atoms with Crippen LogP contribution in [0.2, 0.25) is 0 Å². The number of morpholine rings is 1. The van der Waals surface area contributed by atoms with Crippen molar-refractivity contribution in [3.8, 4) is 0 Å². The molecule has 4 nitrogen and oxygen atoms in total. The van der Waals surface area contributed by atoms with Gasteiger partial charge < -0.3 is 9.15 Å². The predicted molar refractivity (Wildman–Crippen MR) is 74.3 cm³/mol. The molecule has 3 heterocycles. The number of thiophene rings is 1. The summed E-state index contributed by atoms with van der Waals surface area (Å²) in [4.78, 5) is 6.79. The number of aromatic nitrogens is 1. The van der Waals surface area contributed by atoms with E-state index in [2.05, 4.69) is 26.7 Å². The molecule has 0 amide bonds. The fourth-order valence-electron chi connectivity index (χ4n) is 2.30. The molecule has 1 unspecified atom stereocenters. The second kappa shape index (κ2) is 5.45. The number of ether oxygens (including phenoxy) is 1. The third-order valence-electron chi connectivity index (χ3n) is 3.50. The first-order valence-electron chi connectivity index (χ1n) is 6.51. The van der Waals surface area contributed by atoms with E-state index < -0.39 is 0 Å². The monoisotopic (exact) mass is 278 g/mol. The molecule has 0 bridgehead atoms. The molecule has 0 aliphatic carbocycles. The number of hydrogen-bond donors (Lipinski definition) is 0. The molecule has 0 aromatic carbocycles. The molecule has 5 heteroatoms. The van der Waals surface area contributed by atoms with Gasteiger partial charge in [-0.05, 0) is 36.2 Å². The Morgan fingerprint density at radius 1 is 1.47 bits per heavy atom. The van der Waals surface area contributed by atoms with E-state index in [0.717, 1.165) is 43.6 Å². The first kappa shape index (κ1) is 12.8. The average molecular weight is 278 g/mol. The van der Waals surface area contributed by atoms with Crippen molar-refractivity contribution in [2.75, 3.05) is 19.7 Å². The van der Waals surface area contributed by atoms with Gasteiger partial charge in [0.1, 0.15) is 5.76 Å². The summed E-state index contributed by atoms with van der Waals surface area (Å²) in [7, 11) is 0. The molecule has 2 aromatic heterocycles. The molecular weight excluding hydrogens is 260 g/mol. The minimum absolute atomic E-state index is 0.178. The molecule has 1 saturated heterocycles. The van der Waals surface area contributed by atoms with Crippen LogP contribution in [0.3, 0.4) is 0 Å². The second-order valence-electron chi connectivity index (χ2n) is 4.90. The topological polar surface area (TPSA) is 38.5 Å². The SMILES string of the molecule is Cc1nc(CN2CCOC(c3ccsc3)C2)oc1C. The molecular formula is C14H18N2O2S. The van der Waals surface area contributed by atoms with E-state index in [1.54, 1.807) is 11.3 Å². The minimum atomic E-state index is 0.178. The molecule has 1 aliphatic heterocycles. The van der Waals surface area contributed by atoms with Crippen molar-refractivity contribution in [1.29, 1.82) is 0 Å². The first-order chi connectivity index (χ1) is 9.22. The summed E-state index contributed by atoms with van der Waals surface area (Å²) in [6.07, 6.45) is 0.178. The number of oxazole rings is 1. The summed E-state index contributed by atoms with van der Waals surface area (Å²) in [6.45, 7) is 7.30. The molecule has 1 aliphatic rings. The van der Waals surface area contributed by atoms with Gasteiger partial charge in [-0.15, -0.1) is 0 Å². The van der Waals surface area contributed by atoms with Crippen molar-refractivity contribution in [2.24, 2.45) is 0 Å². The van der Waals surface area contributed by atoms with Crippen molar-refractivity contribution in [3.63, 3.8) is 0 Å². The first-order valence-corrected chi connectivity index (χ1v) is 7.45. The molecule has 0 saturated carbocycles. The lowest BCUT2D eigenvalue weighted by Crippen LogP contribution is -2.37. The van der Waals surface area contributed by atoms with Gasteiger partial charge in [-0.1, -0.05) is 0 Å². The van der Waals surface area contributed by atoms with Crippen LogP contribution in [0.4, 0.5) is 0 Å². The molecule has 1 fully saturated rings. The lowest BCUT2D eigenvalue weighted by atomic mass is 10.1.